The van der Waals surface area contributed by atoms with Crippen molar-refractivity contribution in [1.82, 2.24) is 15.1 Å². The van der Waals surface area contributed by atoms with Gasteiger partial charge in [0, 0.05) is 29.1 Å². The molecule has 0 fully saturated rings. The Morgan fingerprint density at radius 3 is 2.50 bits per heavy atom. The lowest BCUT2D eigenvalue weighted by molar-refractivity contribution is 0.0916. The van der Waals surface area contributed by atoms with Crippen LogP contribution in [0, 0.1) is 31.1 Å². The molecule has 0 saturated heterocycles. The number of carbonyl (C=O) groups excluding carboxylic acids is 1. The van der Waals surface area contributed by atoms with Crippen LogP contribution in [-0.4, -0.2) is 22.2 Å². The molecule has 1 heterocycles. The minimum atomic E-state index is -0.0771. The van der Waals surface area contributed by atoms with Gasteiger partial charge in [0.15, 0.2) is 5.69 Å². The van der Waals surface area contributed by atoms with E-state index in [1.807, 2.05) is 17.7 Å². The van der Waals surface area contributed by atoms with E-state index in [0.29, 0.717) is 37.0 Å². The Hall–Kier alpha value is -2.59. The number of rotatable bonds is 8. The highest BCUT2D eigenvalue weighted by Crippen LogP contribution is 2.41. The number of carbonyl (C=O) groups is 1. The molecule has 192 valence electrons. The van der Waals surface area contributed by atoms with Crippen molar-refractivity contribution in [3.63, 3.8) is 0 Å². The number of fused-ring (bicyclic) bond motifs is 3. The van der Waals surface area contributed by atoms with Crippen molar-refractivity contribution in [2.24, 2.45) is 17.3 Å². The van der Waals surface area contributed by atoms with Gasteiger partial charge in [-0.25, -0.2) is 0 Å². The van der Waals surface area contributed by atoms with Gasteiger partial charge in [0.05, 0.1) is 12.2 Å². The largest absolute Gasteiger partial charge is 0.350 e. The normalized spacial score (nSPS) is 14.3. The molecule has 3 aromatic rings. The van der Waals surface area contributed by atoms with Gasteiger partial charge in [-0.3, -0.25) is 9.48 Å². The number of aryl methyl sites for hydroxylation is 2. The van der Waals surface area contributed by atoms with E-state index in [1.54, 1.807) is 0 Å². The summed E-state index contributed by atoms with van der Waals surface area (Å²) in [7, 11) is 0. The highest BCUT2D eigenvalue weighted by atomic mass is 35.5. The SMILES string of the molecule is CCCC(CNC(=O)c1nn(Cc2ccc(C)cc2)c2c1Cc1cc(Cl)c(C)cc1-2)C(C)C(C)(C)C. The van der Waals surface area contributed by atoms with Gasteiger partial charge in [-0.05, 0) is 66.3 Å². The van der Waals surface area contributed by atoms with Crippen LogP contribution in [0.3, 0.4) is 0 Å². The molecule has 36 heavy (non-hydrogen) atoms. The van der Waals surface area contributed by atoms with Crippen molar-refractivity contribution >= 4 is 17.5 Å². The van der Waals surface area contributed by atoms with Gasteiger partial charge < -0.3 is 5.32 Å². The smallest absolute Gasteiger partial charge is 0.272 e. The summed E-state index contributed by atoms with van der Waals surface area (Å²) in [4.78, 5) is 13.6. The van der Waals surface area contributed by atoms with Gasteiger partial charge in [0.2, 0.25) is 0 Å². The standard InChI is InChI=1S/C31H40ClN3O/c1-8-9-23(21(4)31(5,6)7)17-33-30(36)28-26-15-24-16-27(32)20(3)14-25(24)29(26)35(34-28)18-22-12-10-19(2)11-13-22/h10-14,16,21,23H,8-9,15,17-18H2,1-7H3,(H,33,36). The molecule has 4 nitrogen and oxygen atoms in total. The second-order valence-electron chi connectivity index (χ2n) is 11.7. The van der Waals surface area contributed by atoms with Gasteiger partial charge in [0.1, 0.15) is 0 Å². The van der Waals surface area contributed by atoms with E-state index in [4.69, 9.17) is 16.7 Å². The summed E-state index contributed by atoms with van der Waals surface area (Å²) in [6.07, 6.45) is 2.89. The molecule has 0 saturated carbocycles. The second kappa shape index (κ2) is 10.4. The predicted octanol–water partition coefficient (Wildman–Crippen LogP) is 7.60. The molecule has 4 rings (SSSR count). The van der Waals surface area contributed by atoms with Crippen LogP contribution in [0.4, 0.5) is 0 Å². The Balaban J connectivity index is 1.66. The topological polar surface area (TPSA) is 46.9 Å². The van der Waals surface area contributed by atoms with Crippen molar-refractivity contribution in [2.75, 3.05) is 6.54 Å². The molecule has 0 aliphatic heterocycles. The first-order chi connectivity index (χ1) is 17.0. The number of hydrogen-bond donors (Lipinski definition) is 1. The number of benzene rings is 2. The van der Waals surface area contributed by atoms with Gasteiger partial charge in [-0.1, -0.05) is 82.5 Å². The van der Waals surface area contributed by atoms with Crippen molar-refractivity contribution in [3.05, 3.63) is 74.9 Å². The first-order valence-electron chi connectivity index (χ1n) is 13.2. The molecule has 1 amide bonds. The average Bonchev–Trinajstić information content (AvgIpc) is 3.34. The number of nitrogens with zero attached hydrogens (tertiary/aromatic N) is 2. The maximum atomic E-state index is 13.6. The molecular formula is C31H40ClN3O. The maximum absolute atomic E-state index is 13.6. The van der Waals surface area contributed by atoms with E-state index in [9.17, 15) is 4.79 Å². The van der Waals surface area contributed by atoms with E-state index >= 15 is 0 Å². The Morgan fingerprint density at radius 1 is 1.17 bits per heavy atom. The summed E-state index contributed by atoms with van der Waals surface area (Å²) in [5.41, 5.74) is 8.52. The van der Waals surface area contributed by atoms with Crippen LogP contribution in [0.25, 0.3) is 11.3 Å². The summed E-state index contributed by atoms with van der Waals surface area (Å²) < 4.78 is 2.01. The molecular weight excluding hydrogens is 466 g/mol. The maximum Gasteiger partial charge on any atom is 0.272 e. The third kappa shape index (κ3) is 5.39. The van der Waals surface area contributed by atoms with Gasteiger partial charge in [-0.15, -0.1) is 0 Å². The molecule has 2 aromatic carbocycles. The third-order valence-corrected chi connectivity index (χ3v) is 8.39. The zero-order valence-corrected chi connectivity index (χ0v) is 23.6. The van der Waals surface area contributed by atoms with Gasteiger partial charge in [0.25, 0.3) is 5.91 Å². The quantitative estimate of drug-likeness (QED) is 0.268. The molecule has 0 bridgehead atoms. The van der Waals surface area contributed by atoms with Crippen molar-refractivity contribution in [3.8, 4) is 11.3 Å². The van der Waals surface area contributed by atoms with Crippen LogP contribution in [-0.2, 0) is 13.0 Å². The number of aromatic nitrogens is 2. The Labute approximate surface area is 221 Å². The zero-order chi connectivity index (χ0) is 26.2. The van der Waals surface area contributed by atoms with Crippen molar-refractivity contribution < 1.29 is 4.79 Å². The van der Waals surface area contributed by atoms with E-state index in [1.165, 1.54) is 11.1 Å². The van der Waals surface area contributed by atoms with Crippen LogP contribution in [0.15, 0.2) is 36.4 Å². The van der Waals surface area contributed by atoms with Crippen LogP contribution in [0.1, 0.15) is 85.8 Å². The minimum Gasteiger partial charge on any atom is -0.350 e. The minimum absolute atomic E-state index is 0.0771. The summed E-state index contributed by atoms with van der Waals surface area (Å²) in [6.45, 7) is 16.8. The van der Waals surface area contributed by atoms with Crippen molar-refractivity contribution in [1.29, 1.82) is 0 Å². The van der Waals surface area contributed by atoms with Gasteiger partial charge in [-0.2, -0.15) is 5.10 Å². The highest BCUT2D eigenvalue weighted by Gasteiger charge is 2.32. The molecule has 1 aliphatic carbocycles. The molecule has 1 aromatic heterocycles. The fourth-order valence-electron chi connectivity index (χ4n) is 5.33. The summed E-state index contributed by atoms with van der Waals surface area (Å²) in [5.74, 6) is 0.851. The average molecular weight is 506 g/mol. The highest BCUT2D eigenvalue weighted by molar-refractivity contribution is 6.31. The van der Waals surface area contributed by atoms with Crippen LogP contribution < -0.4 is 5.32 Å². The Bertz CT molecular complexity index is 1250. The monoisotopic (exact) mass is 505 g/mol. The van der Waals surface area contributed by atoms with E-state index in [0.717, 1.165) is 45.8 Å². The molecule has 0 spiro atoms. The summed E-state index contributed by atoms with van der Waals surface area (Å²) in [6, 6.07) is 12.7. The van der Waals surface area contributed by atoms with Crippen LogP contribution >= 0.6 is 11.6 Å². The van der Waals surface area contributed by atoms with Crippen molar-refractivity contribution in [2.45, 2.75) is 74.3 Å². The lowest BCUT2D eigenvalue weighted by Gasteiger charge is -2.34. The number of halogens is 1. The molecule has 5 heteroatoms. The van der Waals surface area contributed by atoms with E-state index < -0.39 is 0 Å². The molecule has 2 unspecified atom stereocenters. The Morgan fingerprint density at radius 2 is 1.86 bits per heavy atom. The number of hydrogen-bond acceptors (Lipinski definition) is 2. The third-order valence-electron chi connectivity index (χ3n) is 7.98. The fraction of sp³-hybridized carbons (Fsp3) is 0.484. The van der Waals surface area contributed by atoms with Gasteiger partial charge >= 0.3 is 0 Å². The zero-order valence-electron chi connectivity index (χ0n) is 22.8. The lowest BCUT2D eigenvalue weighted by atomic mass is 9.73. The number of nitrogens with one attached hydrogen (secondary N) is 1. The second-order valence-corrected chi connectivity index (χ2v) is 12.1. The fourth-order valence-corrected chi connectivity index (χ4v) is 5.51. The predicted molar refractivity (Wildman–Crippen MR) is 150 cm³/mol. The van der Waals surface area contributed by atoms with E-state index in [2.05, 4.69) is 77.2 Å². The first kappa shape index (κ1) is 26.5. The molecule has 0 radical (unpaired) electrons. The lowest BCUT2D eigenvalue weighted by Crippen LogP contribution is -2.36. The molecule has 1 N–H and O–H groups in total. The Kier molecular flexibility index (Phi) is 7.66. The first-order valence-corrected chi connectivity index (χ1v) is 13.6. The summed E-state index contributed by atoms with van der Waals surface area (Å²) in [5, 5.41) is 8.91. The summed E-state index contributed by atoms with van der Waals surface area (Å²) >= 11 is 6.47. The molecule has 2 atom stereocenters. The number of amides is 1. The van der Waals surface area contributed by atoms with Crippen LogP contribution in [0.5, 0.6) is 0 Å². The van der Waals surface area contributed by atoms with E-state index in [-0.39, 0.29) is 11.3 Å². The van der Waals surface area contributed by atoms with Crippen LogP contribution in [0.2, 0.25) is 5.02 Å². The molecule has 1 aliphatic rings.